The second-order valence-corrected chi connectivity index (χ2v) is 8.39. The average Bonchev–Trinajstić information content (AvgIpc) is 2.90. The predicted molar refractivity (Wildman–Crippen MR) is 141 cm³/mol. The summed E-state index contributed by atoms with van der Waals surface area (Å²) in [6.07, 6.45) is 1.48. The van der Waals surface area contributed by atoms with Crippen LogP contribution >= 0.6 is 11.6 Å². The number of methoxy groups -OCH3 is 1. The molecule has 8 heteroatoms. The molecule has 0 atom stereocenters. The molecule has 0 saturated carbocycles. The Balaban J connectivity index is 1.30. The molecule has 0 saturated heterocycles. The minimum absolute atomic E-state index is 0.0407. The largest absolute Gasteiger partial charge is 0.497 e. The van der Waals surface area contributed by atoms with E-state index >= 15 is 0 Å². The van der Waals surface area contributed by atoms with Gasteiger partial charge in [-0.25, -0.2) is 14.4 Å². The van der Waals surface area contributed by atoms with Crippen LogP contribution in [0.4, 0.5) is 21.6 Å². The van der Waals surface area contributed by atoms with Gasteiger partial charge in [0.25, 0.3) is 0 Å². The standard InChI is InChI=1S/C28H22ClFN4O2/c1-35-21-7-9-22(10-8-21)36-23-4-2-3-18(13-23)16-31-19-6-12-27-24(14-19)28(33-17-32-27)34-20-5-11-26(30)25(29)15-20/h2-15,17,31H,16H2,1H3,(H,32,33,34). The molecule has 5 rings (SSSR count). The van der Waals surface area contributed by atoms with E-state index in [4.69, 9.17) is 21.1 Å². The molecule has 1 heterocycles. The lowest BCUT2D eigenvalue weighted by Crippen LogP contribution is -2.01. The summed E-state index contributed by atoms with van der Waals surface area (Å²) in [4.78, 5) is 8.71. The Hall–Kier alpha value is -4.36. The number of hydrogen-bond acceptors (Lipinski definition) is 6. The number of ether oxygens (including phenoxy) is 2. The number of halogens is 2. The highest BCUT2D eigenvalue weighted by atomic mass is 35.5. The van der Waals surface area contributed by atoms with E-state index in [0.717, 1.165) is 39.4 Å². The first kappa shape index (κ1) is 23.4. The van der Waals surface area contributed by atoms with Crippen molar-refractivity contribution in [1.82, 2.24) is 9.97 Å². The normalized spacial score (nSPS) is 10.8. The van der Waals surface area contributed by atoms with Gasteiger partial charge in [0.1, 0.15) is 35.2 Å². The van der Waals surface area contributed by atoms with Crippen LogP contribution in [0, 0.1) is 5.82 Å². The summed E-state index contributed by atoms with van der Waals surface area (Å²) < 4.78 is 24.7. The van der Waals surface area contributed by atoms with Crippen LogP contribution in [-0.2, 0) is 6.54 Å². The first-order chi connectivity index (χ1) is 17.6. The van der Waals surface area contributed by atoms with Gasteiger partial charge in [0.15, 0.2) is 0 Å². The molecule has 0 fully saturated rings. The number of benzene rings is 4. The van der Waals surface area contributed by atoms with E-state index in [1.165, 1.54) is 18.5 Å². The molecular formula is C28H22ClFN4O2. The lowest BCUT2D eigenvalue weighted by molar-refractivity contribution is 0.413. The molecule has 0 bridgehead atoms. The maximum Gasteiger partial charge on any atom is 0.141 e. The molecule has 0 aliphatic heterocycles. The zero-order valence-corrected chi connectivity index (χ0v) is 20.1. The Labute approximate surface area is 212 Å². The maximum atomic E-state index is 13.5. The van der Waals surface area contributed by atoms with Gasteiger partial charge in [-0.2, -0.15) is 0 Å². The van der Waals surface area contributed by atoms with Crippen molar-refractivity contribution in [2.45, 2.75) is 6.54 Å². The van der Waals surface area contributed by atoms with Gasteiger partial charge in [-0.15, -0.1) is 0 Å². The quantitative estimate of drug-likeness (QED) is 0.229. The molecule has 0 amide bonds. The Kier molecular flexibility index (Phi) is 6.82. The Morgan fingerprint density at radius 3 is 2.44 bits per heavy atom. The Bertz CT molecular complexity index is 1510. The summed E-state index contributed by atoms with van der Waals surface area (Å²) in [5.74, 6) is 2.38. The Morgan fingerprint density at radius 2 is 1.64 bits per heavy atom. The topological polar surface area (TPSA) is 68.3 Å². The summed E-state index contributed by atoms with van der Waals surface area (Å²) in [6.45, 7) is 0.593. The molecule has 4 aromatic carbocycles. The zero-order valence-electron chi connectivity index (χ0n) is 19.3. The fourth-order valence-corrected chi connectivity index (χ4v) is 3.86. The van der Waals surface area contributed by atoms with Crippen molar-refractivity contribution >= 4 is 39.7 Å². The highest BCUT2D eigenvalue weighted by Crippen LogP contribution is 2.29. The number of nitrogens with zero attached hydrogens (tertiary/aromatic N) is 2. The highest BCUT2D eigenvalue weighted by molar-refractivity contribution is 6.31. The molecule has 0 spiro atoms. The summed E-state index contributed by atoms with van der Waals surface area (Å²) in [6, 6.07) is 25.7. The lowest BCUT2D eigenvalue weighted by atomic mass is 10.1. The van der Waals surface area contributed by atoms with Crippen LogP contribution in [0.15, 0.2) is 91.3 Å². The van der Waals surface area contributed by atoms with E-state index < -0.39 is 5.82 Å². The highest BCUT2D eigenvalue weighted by Gasteiger charge is 2.08. The smallest absolute Gasteiger partial charge is 0.141 e. The van der Waals surface area contributed by atoms with E-state index in [9.17, 15) is 4.39 Å². The number of fused-ring (bicyclic) bond motifs is 1. The summed E-state index contributed by atoms with van der Waals surface area (Å²) in [5, 5.41) is 7.50. The van der Waals surface area contributed by atoms with Crippen LogP contribution < -0.4 is 20.1 Å². The second kappa shape index (κ2) is 10.5. The van der Waals surface area contributed by atoms with Crippen LogP contribution in [0.1, 0.15) is 5.56 Å². The monoisotopic (exact) mass is 500 g/mol. The number of rotatable bonds is 8. The molecule has 0 aliphatic rings. The first-order valence-corrected chi connectivity index (χ1v) is 11.6. The number of anilines is 3. The van der Waals surface area contributed by atoms with E-state index in [2.05, 4.69) is 20.6 Å². The van der Waals surface area contributed by atoms with Gasteiger partial charge in [-0.3, -0.25) is 0 Å². The summed E-state index contributed by atoms with van der Waals surface area (Å²) >= 11 is 5.92. The van der Waals surface area contributed by atoms with E-state index in [0.29, 0.717) is 18.1 Å². The first-order valence-electron chi connectivity index (χ1n) is 11.2. The van der Waals surface area contributed by atoms with Crippen molar-refractivity contribution in [3.63, 3.8) is 0 Å². The third-order valence-corrected chi connectivity index (χ3v) is 5.80. The number of hydrogen-bond donors (Lipinski definition) is 2. The van der Waals surface area contributed by atoms with Crippen LogP contribution in [0.5, 0.6) is 17.2 Å². The number of aromatic nitrogens is 2. The average molecular weight is 501 g/mol. The molecule has 0 aliphatic carbocycles. The van der Waals surface area contributed by atoms with Crippen LogP contribution in [0.2, 0.25) is 5.02 Å². The number of nitrogens with one attached hydrogen (secondary N) is 2. The predicted octanol–water partition coefficient (Wildman–Crippen LogP) is 7.58. The minimum atomic E-state index is -0.472. The fraction of sp³-hybridized carbons (Fsp3) is 0.0714. The molecule has 5 aromatic rings. The molecule has 0 radical (unpaired) electrons. The summed E-state index contributed by atoms with van der Waals surface area (Å²) in [5.41, 5.74) is 3.37. The molecular weight excluding hydrogens is 479 g/mol. The van der Waals surface area contributed by atoms with Crippen molar-refractivity contribution in [3.8, 4) is 17.2 Å². The fourth-order valence-electron chi connectivity index (χ4n) is 3.68. The van der Waals surface area contributed by atoms with Crippen molar-refractivity contribution in [3.05, 3.63) is 108 Å². The van der Waals surface area contributed by atoms with E-state index in [1.54, 1.807) is 13.2 Å². The Morgan fingerprint density at radius 1 is 0.833 bits per heavy atom. The van der Waals surface area contributed by atoms with E-state index in [1.807, 2.05) is 66.7 Å². The van der Waals surface area contributed by atoms with Gasteiger partial charge >= 0.3 is 0 Å². The van der Waals surface area contributed by atoms with Gasteiger partial charge in [0.05, 0.1) is 17.6 Å². The van der Waals surface area contributed by atoms with Gasteiger partial charge < -0.3 is 20.1 Å². The van der Waals surface area contributed by atoms with E-state index in [-0.39, 0.29) is 5.02 Å². The third kappa shape index (κ3) is 5.47. The van der Waals surface area contributed by atoms with Gasteiger partial charge in [0.2, 0.25) is 0 Å². The van der Waals surface area contributed by atoms with Crippen molar-refractivity contribution < 1.29 is 13.9 Å². The van der Waals surface area contributed by atoms with Gasteiger partial charge in [-0.05, 0) is 78.4 Å². The summed E-state index contributed by atoms with van der Waals surface area (Å²) in [7, 11) is 1.63. The van der Waals surface area contributed by atoms with Gasteiger partial charge in [-0.1, -0.05) is 23.7 Å². The zero-order chi connectivity index (χ0) is 24.9. The molecule has 0 unspecified atom stereocenters. The minimum Gasteiger partial charge on any atom is -0.497 e. The van der Waals surface area contributed by atoms with Gasteiger partial charge in [0, 0.05) is 23.3 Å². The maximum absolute atomic E-state index is 13.5. The molecule has 2 N–H and O–H groups in total. The molecule has 180 valence electrons. The lowest BCUT2D eigenvalue weighted by Gasteiger charge is -2.12. The second-order valence-electron chi connectivity index (χ2n) is 7.99. The molecule has 6 nitrogen and oxygen atoms in total. The van der Waals surface area contributed by atoms with Crippen molar-refractivity contribution in [2.24, 2.45) is 0 Å². The van der Waals surface area contributed by atoms with Crippen molar-refractivity contribution in [1.29, 1.82) is 0 Å². The van der Waals surface area contributed by atoms with Crippen LogP contribution in [0.3, 0.4) is 0 Å². The molecule has 1 aromatic heterocycles. The van der Waals surface area contributed by atoms with Crippen LogP contribution in [-0.4, -0.2) is 17.1 Å². The van der Waals surface area contributed by atoms with Crippen LogP contribution in [0.25, 0.3) is 10.9 Å². The SMILES string of the molecule is COc1ccc(Oc2cccc(CNc3ccc4ncnc(Nc5ccc(F)c(Cl)c5)c4c3)c2)cc1. The third-order valence-electron chi connectivity index (χ3n) is 5.51. The van der Waals surface area contributed by atoms with Crippen molar-refractivity contribution in [2.75, 3.05) is 17.7 Å². The molecule has 36 heavy (non-hydrogen) atoms.